The number of nitrogens with one attached hydrogen (secondary N) is 1. The van der Waals surface area contributed by atoms with Gasteiger partial charge in [0.1, 0.15) is 12.2 Å². The van der Waals surface area contributed by atoms with Gasteiger partial charge in [-0.15, -0.1) is 0 Å². The Morgan fingerprint density at radius 2 is 1.74 bits per heavy atom. The molecular formula is C21H31IN2O3. The van der Waals surface area contributed by atoms with Crippen LogP contribution >= 0.6 is 22.6 Å². The first kappa shape index (κ1) is 21.0. The Morgan fingerprint density at radius 3 is 2.30 bits per heavy atom. The molecule has 1 amide bonds. The summed E-state index contributed by atoms with van der Waals surface area (Å²) in [7, 11) is 0. The number of carbonyl (C=O) groups excluding carboxylic acids is 1. The van der Waals surface area contributed by atoms with Gasteiger partial charge < -0.3 is 14.8 Å². The van der Waals surface area contributed by atoms with Gasteiger partial charge in [0.2, 0.25) is 5.91 Å². The Labute approximate surface area is 176 Å². The highest BCUT2D eigenvalue weighted by Gasteiger charge is 2.56. The van der Waals surface area contributed by atoms with Crippen LogP contribution in [-0.4, -0.2) is 57.3 Å². The molecule has 0 bridgehead atoms. The van der Waals surface area contributed by atoms with Crippen molar-refractivity contribution in [1.82, 2.24) is 10.2 Å². The standard InChI is InChI=1S/C21H31IN2O3/c1-14(25)23-16-13-24(12-15-9-7-6-8-10-15)17(11-22)19-18(16)26-20(2,3)21(4,5)27-19/h6-10,16-19H,11-13H2,1-5H3,(H,23,25)/t16-,17+,18+,19+/m0/s1. The molecule has 3 rings (SSSR count). The van der Waals surface area contributed by atoms with Crippen molar-refractivity contribution >= 4 is 28.5 Å². The van der Waals surface area contributed by atoms with E-state index in [0.717, 1.165) is 17.5 Å². The van der Waals surface area contributed by atoms with Crippen LogP contribution in [0.5, 0.6) is 0 Å². The van der Waals surface area contributed by atoms with Crippen LogP contribution in [0, 0.1) is 0 Å². The van der Waals surface area contributed by atoms with Crippen molar-refractivity contribution in [2.45, 2.75) is 76.7 Å². The predicted molar refractivity (Wildman–Crippen MR) is 115 cm³/mol. The molecule has 0 spiro atoms. The minimum Gasteiger partial charge on any atom is -0.365 e. The number of rotatable bonds is 4. The molecule has 6 heteroatoms. The minimum atomic E-state index is -0.428. The van der Waals surface area contributed by atoms with Gasteiger partial charge in [-0.2, -0.15) is 0 Å². The lowest BCUT2D eigenvalue weighted by molar-refractivity contribution is -0.318. The Kier molecular flexibility index (Phi) is 6.20. The topological polar surface area (TPSA) is 50.8 Å². The maximum Gasteiger partial charge on any atom is 0.217 e. The van der Waals surface area contributed by atoms with Crippen molar-refractivity contribution in [1.29, 1.82) is 0 Å². The van der Waals surface area contributed by atoms with Crippen molar-refractivity contribution in [2.24, 2.45) is 0 Å². The highest BCUT2D eigenvalue weighted by atomic mass is 127. The molecule has 2 fully saturated rings. The maximum absolute atomic E-state index is 11.9. The first-order valence-electron chi connectivity index (χ1n) is 9.61. The number of alkyl halides is 1. The first-order chi connectivity index (χ1) is 12.6. The normalized spacial score (nSPS) is 32.5. The number of nitrogens with zero attached hydrogens (tertiary/aromatic N) is 1. The lowest BCUT2D eigenvalue weighted by Gasteiger charge is -2.58. The second-order valence-corrected chi connectivity index (χ2v) is 9.51. The predicted octanol–water partition coefficient (Wildman–Crippen LogP) is 3.15. The lowest BCUT2D eigenvalue weighted by atomic mass is 9.82. The number of hydrogen-bond donors (Lipinski definition) is 1. The molecular weight excluding hydrogens is 455 g/mol. The zero-order valence-electron chi connectivity index (χ0n) is 16.9. The Morgan fingerprint density at radius 1 is 1.15 bits per heavy atom. The Hall–Kier alpha value is -0.700. The molecule has 1 N–H and O–H groups in total. The van der Waals surface area contributed by atoms with Crippen molar-refractivity contribution in [2.75, 3.05) is 11.0 Å². The molecule has 0 saturated carbocycles. The average Bonchev–Trinajstić information content (AvgIpc) is 2.57. The molecule has 0 unspecified atom stereocenters. The highest BCUT2D eigenvalue weighted by molar-refractivity contribution is 14.1. The average molecular weight is 486 g/mol. The first-order valence-corrected chi connectivity index (χ1v) is 11.1. The second kappa shape index (κ2) is 7.97. The van der Waals surface area contributed by atoms with Gasteiger partial charge in [-0.3, -0.25) is 9.69 Å². The third kappa shape index (κ3) is 4.33. The largest absolute Gasteiger partial charge is 0.365 e. The van der Waals surface area contributed by atoms with Crippen molar-refractivity contribution in [3.05, 3.63) is 35.9 Å². The van der Waals surface area contributed by atoms with E-state index in [1.165, 1.54) is 5.56 Å². The molecule has 1 aromatic rings. The van der Waals surface area contributed by atoms with E-state index in [4.69, 9.17) is 9.47 Å². The van der Waals surface area contributed by atoms with Gasteiger partial charge in [0.25, 0.3) is 0 Å². The van der Waals surface area contributed by atoms with Crippen LogP contribution in [0.1, 0.15) is 40.2 Å². The van der Waals surface area contributed by atoms with Crippen LogP contribution in [0.2, 0.25) is 0 Å². The molecule has 2 aliphatic heterocycles. The number of fused-ring (bicyclic) bond motifs is 1. The van der Waals surface area contributed by atoms with Crippen LogP contribution in [0.3, 0.4) is 0 Å². The molecule has 2 saturated heterocycles. The number of halogens is 1. The highest BCUT2D eigenvalue weighted by Crippen LogP contribution is 2.42. The summed E-state index contributed by atoms with van der Waals surface area (Å²) >= 11 is 2.44. The fourth-order valence-corrected chi connectivity index (χ4v) is 5.04. The number of hydrogen-bond acceptors (Lipinski definition) is 4. The summed E-state index contributed by atoms with van der Waals surface area (Å²) in [6.07, 6.45) is -0.233. The molecule has 0 aliphatic carbocycles. The fourth-order valence-electron chi connectivity index (χ4n) is 3.98. The zero-order valence-corrected chi connectivity index (χ0v) is 19.0. The van der Waals surface area contributed by atoms with Gasteiger partial charge in [0.15, 0.2) is 0 Å². The molecule has 2 heterocycles. The number of ether oxygens (including phenoxy) is 2. The number of carbonyl (C=O) groups is 1. The summed E-state index contributed by atoms with van der Waals surface area (Å²) in [6.45, 7) is 11.5. The van der Waals surface area contributed by atoms with Gasteiger partial charge in [-0.25, -0.2) is 0 Å². The molecule has 4 atom stereocenters. The summed E-state index contributed by atoms with van der Waals surface area (Å²) in [5, 5.41) is 3.12. The van der Waals surface area contributed by atoms with E-state index < -0.39 is 11.2 Å². The van der Waals surface area contributed by atoms with Gasteiger partial charge in [0, 0.05) is 30.5 Å². The minimum absolute atomic E-state index is 0.0300. The third-order valence-corrected chi connectivity index (χ3v) is 6.99. The van der Waals surface area contributed by atoms with Crippen molar-refractivity contribution < 1.29 is 14.3 Å². The maximum atomic E-state index is 11.9. The van der Waals surface area contributed by atoms with E-state index in [2.05, 4.69) is 84.8 Å². The third-order valence-electron chi connectivity index (χ3n) is 6.09. The molecule has 0 radical (unpaired) electrons. The summed E-state index contributed by atoms with van der Waals surface area (Å²) in [6, 6.07) is 10.6. The van der Waals surface area contributed by atoms with E-state index in [9.17, 15) is 4.79 Å². The van der Waals surface area contributed by atoms with Gasteiger partial charge >= 0.3 is 0 Å². The quantitative estimate of drug-likeness (QED) is 0.525. The van der Waals surface area contributed by atoms with Gasteiger partial charge in [-0.05, 0) is 33.3 Å². The van der Waals surface area contributed by atoms with E-state index in [1.54, 1.807) is 6.92 Å². The van der Waals surface area contributed by atoms with E-state index in [0.29, 0.717) is 0 Å². The number of piperidine rings is 1. The van der Waals surface area contributed by atoms with Crippen LogP contribution in [0.4, 0.5) is 0 Å². The van der Waals surface area contributed by atoms with Crippen LogP contribution < -0.4 is 5.32 Å². The summed E-state index contributed by atoms with van der Waals surface area (Å²) in [5.41, 5.74) is 0.431. The van der Waals surface area contributed by atoms with Crippen LogP contribution in [0.15, 0.2) is 30.3 Å². The monoisotopic (exact) mass is 486 g/mol. The molecule has 1 aromatic carbocycles. The van der Waals surface area contributed by atoms with E-state index in [1.807, 2.05) is 6.07 Å². The lowest BCUT2D eigenvalue weighted by Crippen LogP contribution is -2.74. The van der Waals surface area contributed by atoms with Crippen molar-refractivity contribution in [3.8, 4) is 0 Å². The fraction of sp³-hybridized carbons (Fsp3) is 0.667. The van der Waals surface area contributed by atoms with Crippen LogP contribution in [0.25, 0.3) is 0 Å². The number of amides is 1. The Bertz CT molecular complexity index is 665. The van der Waals surface area contributed by atoms with E-state index >= 15 is 0 Å². The Balaban J connectivity index is 1.91. The second-order valence-electron chi connectivity index (χ2n) is 8.63. The molecule has 27 heavy (non-hydrogen) atoms. The summed E-state index contributed by atoms with van der Waals surface area (Å²) in [5.74, 6) is -0.0300. The summed E-state index contributed by atoms with van der Waals surface area (Å²) < 4.78 is 14.2. The van der Waals surface area contributed by atoms with Gasteiger partial charge in [-0.1, -0.05) is 52.9 Å². The molecule has 150 valence electrons. The van der Waals surface area contributed by atoms with Gasteiger partial charge in [0.05, 0.1) is 17.2 Å². The molecule has 5 nitrogen and oxygen atoms in total. The number of likely N-dealkylation sites (tertiary alicyclic amines) is 1. The van der Waals surface area contributed by atoms with Crippen LogP contribution in [-0.2, 0) is 20.8 Å². The van der Waals surface area contributed by atoms with E-state index in [-0.39, 0.29) is 30.2 Å². The zero-order chi connectivity index (χ0) is 19.8. The number of benzene rings is 1. The molecule has 2 aliphatic rings. The molecule has 0 aromatic heterocycles. The SMILES string of the molecule is CC(=O)N[C@H]1CN(Cc2ccccc2)[C@H](CI)[C@H]2OC(C)(C)C(C)(C)O[C@@H]21. The van der Waals surface area contributed by atoms with Crippen molar-refractivity contribution in [3.63, 3.8) is 0 Å². The summed E-state index contributed by atoms with van der Waals surface area (Å²) in [4.78, 5) is 14.3. The smallest absolute Gasteiger partial charge is 0.217 e.